The summed E-state index contributed by atoms with van der Waals surface area (Å²) in [4.78, 5) is 10.6. The number of carboxylic acid groups (broad SMARTS) is 1. The van der Waals surface area contributed by atoms with E-state index in [2.05, 4.69) is 0 Å². The highest BCUT2D eigenvalue weighted by Crippen LogP contribution is 2.11. The first-order valence-electron chi connectivity index (χ1n) is 4.85. The molecule has 0 aliphatic carbocycles. The SMILES string of the molecule is O=C(O)c1cc(COCCCO)ccc1F. The van der Waals surface area contributed by atoms with Gasteiger partial charge in [0.2, 0.25) is 0 Å². The van der Waals surface area contributed by atoms with Crippen LogP contribution < -0.4 is 0 Å². The zero-order chi connectivity index (χ0) is 12.0. The fourth-order valence-corrected chi connectivity index (χ4v) is 1.18. The molecule has 0 bridgehead atoms. The molecule has 0 atom stereocenters. The zero-order valence-electron chi connectivity index (χ0n) is 8.65. The monoisotopic (exact) mass is 228 g/mol. The summed E-state index contributed by atoms with van der Waals surface area (Å²) in [5, 5.41) is 17.2. The maximum Gasteiger partial charge on any atom is 0.338 e. The van der Waals surface area contributed by atoms with Crippen LogP contribution in [0.25, 0.3) is 0 Å². The second-order valence-corrected chi connectivity index (χ2v) is 3.25. The number of aromatic carboxylic acids is 1. The minimum Gasteiger partial charge on any atom is -0.478 e. The molecule has 1 aromatic carbocycles. The first-order valence-corrected chi connectivity index (χ1v) is 4.85. The van der Waals surface area contributed by atoms with E-state index < -0.39 is 11.8 Å². The predicted octanol–water partition coefficient (Wildman–Crippen LogP) is 1.42. The lowest BCUT2D eigenvalue weighted by atomic mass is 10.1. The van der Waals surface area contributed by atoms with Crippen LogP contribution in [0.5, 0.6) is 0 Å². The van der Waals surface area contributed by atoms with Gasteiger partial charge >= 0.3 is 5.97 Å². The van der Waals surface area contributed by atoms with E-state index in [4.69, 9.17) is 14.9 Å². The van der Waals surface area contributed by atoms with Crippen LogP contribution in [0.1, 0.15) is 22.3 Å². The van der Waals surface area contributed by atoms with Gasteiger partial charge in [0.15, 0.2) is 0 Å². The molecule has 5 heteroatoms. The van der Waals surface area contributed by atoms with Gasteiger partial charge in [-0.1, -0.05) is 6.07 Å². The highest BCUT2D eigenvalue weighted by molar-refractivity contribution is 5.88. The van der Waals surface area contributed by atoms with Crippen LogP contribution >= 0.6 is 0 Å². The quantitative estimate of drug-likeness (QED) is 0.723. The van der Waals surface area contributed by atoms with Gasteiger partial charge in [-0.3, -0.25) is 0 Å². The van der Waals surface area contributed by atoms with E-state index in [0.717, 1.165) is 6.07 Å². The Bertz CT molecular complexity index is 365. The van der Waals surface area contributed by atoms with Crippen molar-refractivity contribution in [1.82, 2.24) is 0 Å². The fraction of sp³-hybridized carbons (Fsp3) is 0.364. The van der Waals surface area contributed by atoms with Crippen molar-refractivity contribution in [3.8, 4) is 0 Å². The number of carbonyl (C=O) groups is 1. The van der Waals surface area contributed by atoms with Crippen molar-refractivity contribution in [1.29, 1.82) is 0 Å². The first kappa shape index (κ1) is 12.6. The lowest BCUT2D eigenvalue weighted by Crippen LogP contribution is -2.03. The summed E-state index contributed by atoms with van der Waals surface area (Å²) in [6.45, 7) is 0.640. The van der Waals surface area contributed by atoms with E-state index in [1.165, 1.54) is 12.1 Å². The molecule has 0 aliphatic rings. The van der Waals surface area contributed by atoms with Crippen LogP contribution in [-0.2, 0) is 11.3 Å². The summed E-state index contributed by atoms with van der Waals surface area (Å²) in [6.07, 6.45) is 0.521. The molecule has 0 amide bonds. The third-order valence-corrected chi connectivity index (χ3v) is 1.98. The van der Waals surface area contributed by atoms with Gasteiger partial charge in [-0.15, -0.1) is 0 Å². The van der Waals surface area contributed by atoms with Gasteiger partial charge in [0, 0.05) is 13.2 Å². The largest absolute Gasteiger partial charge is 0.478 e. The maximum atomic E-state index is 13.0. The number of hydrogen-bond donors (Lipinski definition) is 2. The van der Waals surface area contributed by atoms with E-state index in [0.29, 0.717) is 18.6 Å². The third-order valence-electron chi connectivity index (χ3n) is 1.98. The number of hydrogen-bond acceptors (Lipinski definition) is 3. The molecule has 0 aliphatic heterocycles. The summed E-state index contributed by atoms with van der Waals surface area (Å²) in [6, 6.07) is 3.82. The number of benzene rings is 1. The number of halogens is 1. The van der Waals surface area contributed by atoms with Gasteiger partial charge < -0.3 is 14.9 Å². The molecular weight excluding hydrogens is 215 g/mol. The van der Waals surface area contributed by atoms with Crippen molar-refractivity contribution in [2.45, 2.75) is 13.0 Å². The second kappa shape index (κ2) is 6.19. The highest BCUT2D eigenvalue weighted by atomic mass is 19.1. The third kappa shape index (κ3) is 3.60. The Hall–Kier alpha value is -1.46. The van der Waals surface area contributed by atoms with E-state index in [1.807, 2.05) is 0 Å². The van der Waals surface area contributed by atoms with Crippen molar-refractivity contribution in [2.24, 2.45) is 0 Å². The van der Waals surface area contributed by atoms with Crippen molar-refractivity contribution in [2.75, 3.05) is 13.2 Å². The molecule has 0 heterocycles. The Labute approximate surface area is 92.3 Å². The second-order valence-electron chi connectivity index (χ2n) is 3.25. The van der Waals surface area contributed by atoms with Crippen LogP contribution in [0.3, 0.4) is 0 Å². The van der Waals surface area contributed by atoms with E-state index in [1.54, 1.807) is 0 Å². The van der Waals surface area contributed by atoms with Gasteiger partial charge in [0.25, 0.3) is 0 Å². The number of aliphatic hydroxyl groups excluding tert-OH is 1. The van der Waals surface area contributed by atoms with Gasteiger partial charge in [0.1, 0.15) is 5.82 Å². The molecule has 2 N–H and O–H groups in total. The summed E-state index contributed by atoms with van der Waals surface area (Å²) in [5.41, 5.74) is 0.236. The molecule has 0 unspecified atom stereocenters. The first-order chi connectivity index (χ1) is 7.65. The number of aliphatic hydroxyl groups is 1. The normalized spacial score (nSPS) is 10.4. The van der Waals surface area contributed by atoms with Crippen molar-refractivity contribution < 1.29 is 24.1 Å². The van der Waals surface area contributed by atoms with Crippen LogP contribution in [0.15, 0.2) is 18.2 Å². The molecule has 1 rings (SSSR count). The standard InChI is InChI=1S/C11H13FO4/c12-10-3-2-8(6-9(10)11(14)15)7-16-5-1-4-13/h2-3,6,13H,1,4-5,7H2,(H,14,15). The summed E-state index contributed by atoms with van der Waals surface area (Å²) in [7, 11) is 0. The van der Waals surface area contributed by atoms with Gasteiger partial charge in [-0.25, -0.2) is 9.18 Å². The number of rotatable bonds is 6. The van der Waals surface area contributed by atoms with Crippen LogP contribution in [0.2, 0.25) is 0 Å². The van der Waals surface area contributed by atoms with Crippen LogP contribution in [0, 0.1) is 5.82 Å². The zero-order valence-corrected chi connectivity index (χ0v) is 8.65. The molecule has 0 spiro atoms. The lowest BCUT2D eigenvalue weighted by molar-refractivity contribution is 0.0691. The van der Waals surface area contributed by atoms with E-state index in [-0.39, 0.29) is 18.8 Å². The van der Waals surface area contributed by atoms with Crippen molar-refractivity contribution in [3.63, 3.8) is 0 Å². The van der Waals surface area contributed by atoms with Crippen LogP contribution in [-0.4, -0.2) is 29.4 Å². The summed E-state index contributed by atoms with van der Waals surface area (Å²) in [5.74, 6) is -2.05. The number of ether oxygens (including phenoxy) is 1. The Morgan fingerprint density at radius 2 is 2.19 bits per heavy atom. The minimum atomic E-state index is -1.30. The Morgan fingerprint density at radius 1 is 1.44 bits per heavy atom. The molecule has 16 heavy (non-hydrogen) atoms. The summed E-state index contributed by atoms with van der Waals surface area (Å²) >= 11 is 0. The van der Waals surface area contributed by atoms with E-state index in [9.17, 15) is 9.18 Å². The molecule has 0 aromatic heterocycles. The average molecular weight is 228 g/mol. The Balaban J connectivity index is 2.61. The number of carboxylic acids is 1. The topological polar surface area (TPSA) is 66.8 Å². The molecule has 0 saturated carbocycles. The minimum absolute atomic E-state index is 0.0454. The molecular formula is C11H13FO4. The van der Waals surface area contributed by atoms with E-state index >= 15 is 0 Å². The van der Waals surface area contributed by atoms with Crippen molar-refractivity contribution in [3.05, 3.63) is 35.1 Å². The smallest absolute Gasteiger partial charge is 0.338 e. The molecule has 0 radical (unpaired) electrons. The van der Waals surface area contributed by atoms with Gasteiger partial charge in [-0.2, -0.15) is 0 Å². The maximum absolute atomic E-state index is 13.0. The lowest BCUT2D eigenvalue weighted by Gasteiger charge is -2.05. The molecule has 4 nitrogen and oxygen atoms in total. The Morgan fingerprint density at radius 3 is 2.81 bits per heavy atom. The van der Waals surface area contributed by atoms with Crippen LogP contribution in [0.4, 0.5) is 4.39 Å². The molecule has 0 saturated heterocycles. The average Bonchev–Trinajstić information content (AvgIpc) is 2.26. The van der Waals surface area contributed by atoms with Crippen molar-refractivity contribution >= 4 is 5.97 Å². The molecule has 88 valence electrons. The molecule has 1 aromatic rings. The molecule has 0 fully saturated rings. The Kier molecular flexibility index (Phi) is 4.88. The van der Waals surface area contributed by atoms with Gasteiger partial charge in [-0.05, 0) is 24.1 Å². The highest BCUT2D eigenvalue weighted by Gasteiger charge is 2.10. The fourth-order valence-electron chi connectivity index (χ4n) is 1.18. The summed E-state index contributed by atoms with van der Waals surface area (Å²) < 4.78 is 18.2. The predicted molar refractivity (Wildman–Crippen MR) is 54.7 cm³/mol. The van der Waals surface area contributed by atoms with Gasteiger partial charge in [0.05, 0.1) is 12.2 Å².